The number of benzene rings is 2. The van der Waals surface area contributed by atoms with Crippen LogP contribution in [0.2, 0.25) is 0 Å². The van der Waals surface area contributed by atoms with Gasteiger partial charge in [-0.15, -0.1) is 0 Å². The Labute approximate surface area is 175 Å². The Morgan fingerprint density at radius 3 is 2.00 bits per heavy atom. The van der Waals surface area contributed by atoms with Crippen LogP contribution in [0.4, 0.5) is 0 Å². The van der Waals surface area contributed by atoms with Crippen molar-refractivity contribution in [3.8, 4) is 0 Å². The SMILES string of the molecule is CCn1c(=O)n(CC(=O)N2CCN(C(=O)c3ccc(C)cc3)CC2)c2ccccc21. The number of hydrogen-bond donors (Lipinski definition) is 0. The molecule has 4 rings (SSSR count). The summed E-state index contributed by atoms with van der Waals surface area (Å²) in [5.74, 6) is -0.108. The maximum Gasteiger partial charge on any atom is 0.329 e. The van der Waals surface area contributed by atoms with E-state index in [-0.39, 0.29) is 24.0 Å². The van der Waals surface area contributed by atoms with E-state index in [1.54, 1.807) is 18.9 Å². The van der Waals surface area contributed by atoms with Crippen LogP contribution in [0, 0.1) is 6.92 Å². The van der Waals surface area contributed by atoms with Crippen molar-refractivity contribution in [3.05, 3.63) is 70.1 Å². The highest BCUT2D eigenvalue weighted by Crippen LogP contribution is 2.14. The number of amides is 2. The van der Waals surface area contributed by atoms with Crippen molar-refractivity contribution in [2.24, 2.45) is 0 Å². The molecule has 7 heteroatoms. The van der Waals surface area contributed by atoms with E-state index in [0.29, 0.717) is 38.3 Å². The van der Waals surface area contributed by atoms with Gasteiger partial charge < -0.3 is 9.80 Å². The molecule has 1 aromatic heterocycles. The zero-order chi connectivity index (χ0) is 21.3. The number of para-hydroxylation sites is 2. The van der Waals surface area contributed by atoms with Gasteiger partial charge in [-0.3, -0.25) is 18.7 Å². The van der Waals surface area contributed by atoms with Gasteiger partial charge in [0.15, 0.2) is 0 Å². The molecule has 0 N–H and O–H groups in total. The van der Waals surface area contributed by atoms with Crippen molar-refractivity contribution in [2.45, 2.75) is 26.9 Å². The van der Waals surface area contributed by atoms with Gasteiger partial charge in [0.05, 0.1) is 11.0 Å². The monoisotopic (exact) mass is 406 g/mol. The van der Waals surface area contributed by atoms with Crippen molar-refractivity contribution < 1.29 is 9.59 Å². The molecule has 3 aromatic rings. The van der Waals surface area contributed by atoms with E-state index in [1.165, 1.54) is 0 Å². The molecule has 1 saturated heterocycles. The van der Waals surface area contributed by atoms with E-state index < -0.39 is 0 Å². The predicted molar refractivity (Wildman–Crippen MR) is 116 cm³/mol. The first-order valence-electron chi connectivity index (χ1n) is 10.3. The summed E-state index contributed by atoms with van der Waals surface area (Å²) in [6.07, 6.45) is 0. The molecule has 30 heavy (non-hydrogen) atoms. The Bertz CT molecular complexity index is 1140. The molecule has 0 radical (unpaired) electrons. The molecule has 0 unspecified atom stereocenters. The van der Waals surface area contributed by atoms with Crippen molar-refractivity contribution in [1.82, 2.24) is 18.9 Å². The van der Waals surface area contributed by atoms with Gasteiger partial charge in [0, 0.05) is 38.3 Å². The molecular weight excluding hydrogens is 380 g/mol. The Hall–Kier alpha value is -3.35. The number of aromatic nitrogens is 2. The van der Waals surface area contributed by atoms with Crippen LogP contribution in [0.25, 0.3) is 11.0 Å². The van der Waals surface area contributed by atoms with Gasteiger partial charge in [0.2, 0.25) is 5.91 Å². The second-order valence-electron chi connectivity index (χ2n) is 7.64. The molecule has 1 fully saturated rings. The molecule has 0 aliphatic carbocycles. The molecule has 0 bridgehead atoms. The van der Waals surface area contributed by atoms with Crippen LogP contribution in [0.5, 0.6) is 0 Å². The number of rotatable bonds is 4. The summed E-state index contributed by atoms with van der Waals surface area (Å²) in [5.41, 5.74) is 3.22. The lowest BCUT2D eigenvalue weighted by Crippen LogP contribution is -2.51. The molecule has 156 valence electrons. The van der Waals surface area contributed by atoms with E-state index in [2.05, 4.69) is 0 Å². The summed E-state index contributed by atoms with van der Waals surface area (Å²) in [5, 5.41) is 0. The van der Waals surface area contributed by atoms with Crippen molar-refractivity contribution in [1.29, 1.82) is 0 Å². The second kappa shape index (κ2) is 8.18. The van der Waals surface area contributed by atoms with Crippen molar-refractivity contribution in [2.75, 3.05) is 26.2 Å². The lowest BCUT2D eigenvalue weighted by molar-refractivity contribution is -0.133. The summed E-state index contributed by atoms with van der Waals surface area (Å²) in [6.45, 7) is 6.40. The number of aryl methyl sites for hydroxylation is 2. The van der Waals surface area contributed by atoms with Gasteiger partial charge in [-0.2, -0.15) is 0 Å². The maximum atomic E-state index is 12.9. The fraction of sp³-hybridized carbons (Fsp3) is 0.348. The third-order valence-corrected chi connectivity index (χ3v) is 5.75. The topological polar surface area (TPSA) is 67.6 Å². The molecule has 2 aromatic carbocycles. The van der Waals surface area contributed by atoms with Gasteiger partial charge in [-0.25, -0.2) is 4.79 Å². The first-order valence-corrected chi connectivity index (χ1v) is 10.3. The summed E-state index contributed by atoms with van der Waals surface area (Å²) in [4.78, 5) is 41.9. The molecule has 2 heterocycles. The maximum absolute atomic E-state index is 12.9. The third-order valence-electron chi connectivity index (χ3n) is 5.75. The summed E-state index contributed by atoms with van der Waals surface area (Å²) in [6, 6.07) is 15.1. The minimum absolute atomic E-state index is 0.00988. The largest absolute Gasteiger partial charge is 0.338 e. The lowest BCUT2D eigenvalue weighted by atomic mass is 10.1. The normalized spacial score (nSPS) is 14.3. The average molecular weight is 406 g/mol. The second-order valence-corrected chi connectivity index (χ2v) is 7.64. The lowest BCUT2D eigenvalue weighted by Gasteiger charge is -2.35. The van der Waals surface area contributed by atoms with E-state index in [1.807, 2.05) is 62.4 Å². The number of carbonyl (C=O) groups is 2. The molecule has 1 aliphatic heterocycles. The van der Waals surface area contributed by atoms with Crippen molar-refractivity contribution >= 4 is 22.8 Å². The van der Waals surface area contributed by atoms with Crippen molar-refractivity contribution in [3.63, 3.8) is 0 Å². The van der Waals surface area contributed by atoms with E-state index in [9.17, 15) is 14.4 Å². The number of hydrogen-bond acceptors (Lipinski definition) is 3. The fourth-order valence-electron chi connectivity index (χ4n) is 4.00. The standard InChI is InChI=1S/C23H26N4O3/c1-3-26-19-6-4-5-7-20(19)27(23(26)30)16-21(28)24-12-14-25(15-13-24)22(29)18-10-8-17(2)9-11-18/h4-11H,3,12-16H2,1-2H3. The van der Waals surface area contributed by atoms with Crippen LogP contribution in [0.15, 0.2) is 53.3 Å². The minimum atomic E-state index is -0.166. The Morgan fingerprint density at radius 2 is 1.40 bits per heavy atom. The number of carbonyl (C=O) groups excluding carboxylic acids is 2. The summed E-state index contributed by atoms with van der Waals surface area (Å²) >= 11 is 0. The molecule has 2 amide bonds. The van der Waals surface area contributed by atoms with Gasteiger partial charge in [-0.1, -0.05) is 29.8 Å². The average Bonchev–Trinajstić information content (AvgIpc) is 3.04. The van der Waals surface area contributed by atoms with Crippen LogP contribution in [-0.4, -0.2) is 56.9 Å². The van der Waals surface area contributed by atoms with Crippen LogP contribution in [0.1, 0.15) is 22.8 Å². The first kappa shape index (κ1) is 19.9. The zero-order valence-electron chi connectivity index (χ0n) is 17.4. The molecule has 1 aliphatic rings. The summed E-state index contributed by atoms with van der Waals surface area (Å²) < 4.78 is 3.23. The molecule has 0 saturated carbocycles. The first-order chi connectivity index (χ1) is 14.5. The Kier molecular flexibility index (Phi) is 5.44. The third kappa shape index (κ3) is 3.63. The van der Waals surface area contributed by atoms with Crippen LogP contribution < -0.4 is 5.69 Å². The van der Waals surface area contributed by atoms with E-state index in [0.717, 1.165) is 16.6 Å². The molecule has 7 nitrogen and oxygen atoms in total. The van der Waals surface area contributed by atoms with Crippen LogP contribution in [-0.2, 0) is 17.9 Å². The van der Waals surface area contributed by atoms with Gasteiger partial charge in [0.1, 0.15) is 6.54 Å². The van der Waals surface area contributed by atoms with Gasteiger partial charge >= 0.3 is 5.69 Å². The predicted octanol–water partition coefficient (Wildman–Crippen LogP) is 2.12. The van der Waals surface area contributed by atoms with E-state index >= 15 is 0 Å². The Morgan fingerprint density at radius 1 is 0.833 bits per heavy atom. The number of fused-ring (bicyclic) bond motifs is 1. The molecule has 0 spiro atoms. The van der Waals surface area contributed by atoms with Gasteiger partial charge in [0.25, 0.3) is 5.91 Å². The highest BCUT2D eigenvalue weighted by atomic mass is 16.2. The summed E-state index contributed by atoms with van der Waals surface area (Å²) in [7, 11) is 0. The van der Waals surface area contributed by atoms with Gasteiger partial charge in [-0.05, 0) is 38.1 Å². The van der Waals surface area contributed by atoms with Crippen LogP contribution in [0.3, 0.4) is 0 Å². The number of piperazine rings is 1. The molecular formula is C23H26N4O3. The molecule has 0 atom stereocenters. The fourth-order valence-corrected chi connectivity index (χ4v) is 4.00. The zero-order valence-corrected chi connectivity index (χ0v) is 17.4. The quantitative estimate of drug-likeness (QED) is 0.667. The van der Waals surface area contributed by atoms with Crippen LogP contribution >= 0.6 is 0 Å². The highest BCUT2D eigenvalue weighted by molar-refractivity contribution is 5.94. The minimum Gasteiger partial charge on any atom is -0.338 e. The van der Waals surface area contributed by atoms with E-state index in [4.69, 9.17) is 0 Å². The highest BCUT2D eigenvalue weighted by Gasteiger charge is 2.26. The number of imidazole rings is 1. The Balaban J connectivity index is 1.44. The number of nitrogens with zero attached hydrogens (tertiary/aromatic N) is 4. The smallest absolute Gasteiger partial charge is 0.329 e.